The third-order valence-corrected chi connectivity index (χ3v) is 6.34. The second kappa shape index (κ2) is 10.4. The van der Waals surface area contributed by atoms with Gasteiger partial charge in [-0.2, -0.15) is 0 Å². The van der Waals surface area contributed by atoms with Gasteiger partial charge in [-0.3, -0.25) is 0 Å². The zero-order valence-electron chi connectivity index (χ0n) is 17.0. The number of rotatable bonds is 11. The molecule has 0 spiro atoms. The summed E-state index contributed by atoms with van der Waals surface area (Å²) in [6.07, 6.45) is 20.1. The topological polar surface area (TPSA) is 27.1 Å². The molecule has 1 aliphatic rings. The number of methoxy groups -OCH3 is 1. The van der Waals surface area contributed by atoms with Gasteiger partial charge in [-0.25, -0.2) is 4.98 Å². The molecule has 1 heterocycles. The van der Waals surface area contributed by atoms with E-state index in [1.807, 2.05) is 19.6 Å². The molecule has 1 aromatic rings. The highest BCUT2D eigenvalue weighted by atomic mass is 16.5. The van der Waals surface area contributed by atoms with Gasteiger partial charge in [-0.15, -0.1) is 0 Å². The monoisotopic (exact) mass is 348 g/mol. The van der Waals surface area contributed by atoms with Gasteiger partial charge in [0.15, 0.2) is 0 Å². The van der Waals surface area contributed by atoms with Crippen molar-refractivity contribution in [3.05, 3.63) is 18.7 Å². The molecule has 25 heavy (non-hydrogen) atoms. The Labute approximate surface area is 155 Å². The molecule has 3 nitrogen and oxygen atoms in total. The van der Waals surface area contributed by atoms with Gasteiger partial charge in [0.05, 0.1) is 12.4 Å². The van der Waals surface area contributed by atoms with Crippen molar-refractivity contribution in [1.29, 1.82) is 0 Å². The molecule has 0 bridgehead atoms. The minimum atomic E-state index is 0.274. The summed E-state index contributed by atoms with van der Waals surface area (Å²) in [5.41, 5.74) is 0.274. The molecule has 1 fully saturated rings. The lowest BCUT2D eigenvalue weighted by Crippen LogP contribution is -2.47. The first-order valence-corrected chi connectivity index (χ1v) is 10.6. The van der Waals surface area contributed by atoms with E-state index in [0.29, 0.717) is 12.0 Å². The fourth-order valence-corrected chi connectivity index (χ4v) is 4.84. The molecule has 3 atom stereocenters. The number of ether oxygens (including phenoxy) is 1. The van der Waals surface area contributed by atoms with E-state index in [9.17, 15) is 0 Å². The van der Waals surface area contributed by atoms with Gasteiger partial charge < -0.3 is 9.30 Å². The lowest BCUT2D eigenvalue weighted by Gasteiger charge is -2.47. The zero-order valence-corrected chi connectivity index (χ0v) is 17.0. The number of unbranched alkanes of at least 4 members (excludes halogenated alkanes) is 6. The van der Waals surface area contributed by atoms with E-state index < -0.39 is 0 Å². The third kappa shape index (κ3) is 6.13. The smallest absolute Gasteiger partial charge is 0.0946 e. The molecule has 1 aromatic heterocycles. The lowest BCUT2D eigenvalue weighted by atomic mass is 9.63. The molecule has 0 saturated heterocycles. The second-order valence-corrected chi connectivity index (χ2v) is 8.78. The van der Waals surface area contributed by atoms with Crippen LogP contribution in [-0.2, 0) is 11.3 Å². The Morgan fingerprint density at radius 3 is 2.48 bits per heavy atom. The number of imidazole rings is 1. The molecular formula is C22H40N2O. The summed E-state index contributed by atoms with van der Waals surface area (Å²) in [4.78, 5) is 4.23. The highest BCUT2D eigenvalue weighted by Gasteiger charge is 2.43. The maximum absolute atomic E-state index is 6.04. The minimum absolute atomic E-state index is 0.274. The molecule has 0 radical (unpaired) electrons. The molecular weight excluding hydrogens is 308 g/mol. The summed E-state index contributed by atoms with van der Waals surface area (Å²) >= 11 is 0. The Morgan fingerprint density at radius 1 is 1.12 bits per heavy atom. The van der Waals surface area contributed by atoms with Crippen molar-refractivity contribution in [2.75, 3.05) is 7.11 Å². The Hall–Kier alpha value is -0.830. The summed E-state index contributed by atoms with van der Waals surface area (Å²) < 4.78 is 8.28. The van der Waals surface area contributed by atoms with Crippen LogP contribution in [0.4, 0.5) is 0 Å². The van der Waals surface area contributed by atoms with Crippen molar-refractivity contribution in [2.45, 2.75) is 97.6 Å². The first kappa shape index (κ1) is 20.5. The van der Waals surface area contributed by atoms with Crippen molar-refractivity contribution >= 4 is 0 Å². The number of nitrogens with zero attached hydrogens (tertiary/aromatic N) is 2. The first-order valence-electron chi connectivity index (χ1n) is 10.6. The molecule has 0 aliphatic heterocycles. The predicted molar refractivity (Wildman–Crippen MR) is 106 cm³/mol. The third-order valence-electron chi connectivity index (χ3n) is 6.34. The molecule has 3 heteroatoms. The van der Waals surface area contributed by atoms with Crippen LogP contribution < -0.4 is 0 Å². The molecule has 0 aromatic carbocycles. The summed E-state index contributed by atoms with van der Waals surface area (Å²) in [7, 11) is 1.91. The van der Waals surface area contributed by atoms with E-state index in [-0.39, 0.29) is 5.41 Å². The molecule has 0 amide bonds. The van der Waals surface area contributed by atoms with Crippen LogP contribution in [0.2, 0.25) is 0 Å². The Bertz CT molecular complexity index is 455. The molecule has 1 saturated carbocycles. The fraction of sp³-hybridized carbons (Fsp3) is 0.864. The van der Waals surface area contributed by atoms with E-state index in [1.54, 1.807) is 0 Å². The Balaban J connectivity index is 1.87. The van der Waals surface area contributed by atoms with Crippen molar-refractivity contribution in [3.8, 4) is 0 Å². The van der Waals surface area contributed by atoms with Crippen molar-refractivity contribution in [3.63, 3.8) is 0 Å². The number of hydrogen-bond acceptors (Lipinski definition) is 2. The van der Waals surface area contributed by atoms with Gasteiger partial charge in [-0.1, -0.05) is 72.1 Å². The molecule has 2 rings (SSSR count). The summed E-state index contributed by atoms with van der Waals surface area (Å²) in [5.74, 6) is 1.39. The maximum atomic E-state index is 6.04. The number of hydrogen-bond donors (Lipinski definition) is 0. The average molecular weight is 349 g/mol. The SMILES string of the molecule is CCCCCCCCC[C@@H]1CCC(C)(C)[C@H](OC)[C@H]1Cn1ccnc1. The number of aromatic nitrogens is 2. The average Bonchev–Trinajstić information content (AvgIpc) is 3.09. The van der Waals surface area contributed by atoms with E-state index in [0.717, 1.165) is 12.5 Å². The van der Waals surface area contributed by atoms with Crippen molar-refractivity contribution in [2.24, 2.45) is 17.3 Å². The van der Waals surface area contributed by atoms with Crippen LogP contribution in [0.3, 0.4) is 0 Å². The van der Waals surface area contributed by atoms with Gasteiger partial charge in [0, 0.05) is 32.0 Å². The largest absolute Gasteiger partial charge is 0.381 e. The van der Waals surface area contributed by atoms with Crippen molar-refractivity contribution in [1.82, 2.24) is 9.55 Å². The van der Waals surface area contributed by atoms with Crippen LogP contribution in [0.15, 0.2) is 18.7 Å². The van der Waals surface area contributed by atoms with Gasteiger partial charge in [0.1, 0.15) is 0 Å². The van der Waals surface area contributed by atoms with E-state index in [4.69, 9.17) is 4.74 Å². The van der Waals surface area contributed by atoms with E-state index in [2.05, 4.69) is 36.5 Å². The van der Waals surface area contributed by atoms with Crippen LogP contribution in [0.5, 0.6) is 0 Å². The molecule has 1 aliphatic carbocycles. The first-order chi connectivity index (χ1) is 12.1. The minimum Gasteiger partial charge on any atom is -0.381 e. The van der Waals surface area contributed by atoms with Crippen molar-refractivity contribution < 1.29 is 4.74 Å². The Kier molecular flexibility index (Phi) is 8.48. The summed E-state index contributed by atoms with van der Waals surface area (Å²) in [6.45, 7) is 8.10. The van der Waals surface area contributed by atoms with Crippen LogP contribution >= 0.6 is 0 Å². The van der Waals surface area contributed by atoms with E-state index in [1.165, 1.54) is 64.2 Å². The van der Waals surface area contributed by atoms with Gasteiger partial charge in [0.25, 0.3) is 0 Å². The van der Waals surface area contributed by atoms with Gasteiger partial charge >= 0.3 is 0 Å². The van der Waals surface area contributed by atoms with Gasteiger partial charge in [0.2, 0.25) is 0 Å². The van der Waals surface area contributed by atoms with E-state index >= 15 is 0 Å². The fourth-order valence-electron chi connectivity index (χ4n) is 4.84. The molecule has 144 valence electrons. The Morgan fingerprint density at radius 2 is 1.84 bits per heavy atom. The normalized spacial score (nSPS) is 26.0. The van der Waals surface area contributed by atoms with Crippen LogP contribution in [0.25, 0.3) is 0 Å². The predicted octanol–water partition coefficient (Wildman–Crippen LogP) is 6.09. The van der Waals surface area contributed by atoms with Gasteiger partial charge in [-0.05, 0) is 24.2 Å². The standard InChI is InChI=1S/C22H40N2O/c1-5-6-7-8-9-10-11-12-19-13-14-22(2,3)21(25-4)20(19)17-24-16-15-23-18-24/h15-16,18-21H,5-14,17H2,1-4H3/t19-,20+,21-/m1/s1. The zero-order chi connectivity index (χ0) is 18.1. The quantitative estimate of drug-likeness (QED) is 0.452. The molecule has 0 unspecified atom stereocenters. The highest BCUT2D eigenvalue weighted by Crippen LogP contribution is 2.46. The van der Waals surface area contributed by atoms with Crippen LogP contribution in [0, 0.1) is 17.3 Å². The summed E-state index contributed by atoms with van der Waals surface area (Å²) in [6, 6.07) is 0. The second-order valence-electron chi connectivity index (χ2n) is 8.78. The molecule has 0 N–H and O–H groups in total. The van der Waals surface area contributed by atoms with Crippen LogP contribution in [0.1, 0.15) is 85.0 Å². The maximum Gasteiger partial charge on any atom is 0.0946 e. The summed E-state index contributed by atoms with van der Waals surface area (Å²) in [5, 5.41) is 0. The highest BCUT2D eigenvalue weighted by molar-refractivity contribution is 4.94. The lowest BCUT2D eigenvalue weighted by molar-refractivity contribution is -0.0921. The van der Waals surface area contributed by atoms with Crippen LogP contribution in [-0.4, -0.2) is 22.8 Å².